The largest absolute Gasteiger partial charge is 0.444 e. The minimum atomic E-state index is -3.54. The fourth-order valence-electron chi connectivity index (χ4n) is 2.38. The summed E-state index contributed by atoms with van der Waals surface area (Å²) in [7, 11) is -3.54. The number of carbonyl (C=O) groups excluding carboxylic acids is 2. The van der Waals surface area contributed by atoms with E-state index in [9.17, 15) is 18.0 Å². The molecule has 2 amide bonds. The molecule has 1 aromatic heterocycles. The number of thiophene rings is 1. The third-order valence-corrected chi connectivity index (χ3v) is 7.22. The van der Waals surface area contributed by atoms with E-state index < -0.39 is 33.7 Å². The zero-order valence-corrected chi connectivity index (χ0v) is 18.1. The van der Waals surface area contributed by atoms with Gasteiger partial charge < -0.3 is 20.1 Å². The molecule has 9 nitrogen and oxygen atoms in total. The minimum absolute atomic E-state index is 0.169. The van der Waals surface area contributed by atoms with Gasteiger partial charge in [0.1, 0.15) is 15.9 Å². The fraction of sp³-hybridized carbons (Fsp3) is 0.647. The second-order valence-corrected chi connectivity index (χ2v) is 10.7. The average molecular weight is 434 g/mol. The van der Waals surface area contributed by atoms with Crippen LogP contribution in [-0.2, 0) is 30.8 Å². The lowest BCUT2D eigenvalue weighted by atomic mass is 10.2. The van der Waals surface area contributed by atoms with Crippen LogP contribution < -0.4 is 10.6 Å². The summed E-state index contributed by atoms with van der Waals surface area (Å²) in [5.74, 6) is -0.392. The zero-order valence-electron chi connectivity index (χ0n) is 16.5. The first kappa shape index (κ1) is 22.6. The van der Waals surface area contributed by atoms with E-state index in [-0.39, 0.29) is 10.8 Å². The summed E-state index contributed by atoms with van der Waals surface area (Å²) in [6.45, 7) is 8.35. The van der Waals surface area contributed by atoms with Crippen molar-refractivity contribution in [2.75, 3.05) is 26.3 Å². The number of nitrogens with one attached hydrogen (secondary N) is 2. The van der Waals surface area contributed by atoms with E-state index in [1.807, 2.05) is 0 Å². The Kier molecular flexibility index (Phi) is 7.43. The maximum atomic E-state index is 12.6. The van der Waals surface area contributed by atoms with E-state index >= 15 is 0 Å². The van der Waals surface area contributed by atoms with Crippen LogP contribution in [0.15, 0.2) is 16.3 Å². The molecular formula is C17H27N3O6S2. The normalized spacial score (nSPS) is 17.0. The molecule has 2 rings (SSSR count). The first-order chi connectivity index (χ1) is 13.0. The quantitative estimate of drug-likeness (QED) is 0.699. The molecule has 2 heterocycles. The van der Waals surface area contributed by atoms with Gasteiger partial charge in [-0.3, -0.25) is 4.79 Å². The molecule has 1 aliphatic heterocycles. The number of morpholine rings is 1. The number of sulfonamides is 1. The lowest BCUT2D eigenvalue weighted by Gasteiger charge is -2.25. The van der Waals surface area contributed by atoms with Gasteiger partial charge in [-0.05, 0) is 39.8 Å². The highest BCUT2D eigenvalue weighted by molar-refractivity contribution is 7.91. The first-order valence-corrected chi connectivity index (χ1v) is 11.2. The van der Waals surface area contributed by atoms with Gasteiger partial charge in [0.2, 0.25) is 5.91 Å². The van der Waals surface area contributed by atoms with E-state index in [0.717, 1.165) is 11.3 Å². The van der Waals surface area contributed by atoms with E-state index in [2.05, 4.69) is 10.6 Å². The molecule has 0 spiro atoms. The van der Waals surface area contributed by atoms with Crippen molar-refractivity contribution in [3.05, 3.63) is 17.0 Å². The summed E-state index contributed by atoms with van der Waals surface area (Å²) in [6, 6.07) is 2.43. The molecule has 0 aliphatic carbocycles. The second-order valence-electron chi connectivity index (χ2n) is 7.32. The van der Waals surface area contributed by atoms with Crippen LogP contribution in [0.4, 0.5) is 4.79 Å². The summed E-state index contributed by atoms with van der Waals surface area (Å²) in [4.78, 5) is 24.6. The van der Waals surface area contributed by atoms with Gasteiger partial charge in [-0.2, -0.15) is 4.31 Å². The van der Waals surface area contributed by atoms with Crippen LogP contribution in [0.2, 0.25) is 0 Å². The van der Waals surface area contributed by atoms with Crippen LogP contribution in [0.5, 0.6) is 0 Å². The number of carbonyl (C=O) groups is 2. The number of amides is 2. The summed E-state index contributed by atoms with van der Waals surface area (Å²) >= 11 is 1.11. The van der Waals surface area contributed by atoms with Gasteiger partial charge in [0.25, 0.3) is 10.0 Å². The molecule has 0 aromatic carbocycles. The smallest absolute Gasteiger partial charge is 0.408 e. The first-order valence-electron chi connectivity index (χ1n) is 8.93. The van der Waals surface area contributed by atoms with Crippen LogP contribution in [0, 0.1) is 0 Å². The highest BCUT2D eigenvalue weighted by atomic mass is 32.2. The van der Waals surface area contributed by atoms with Crippen molar-refractivity contribution in [1.29, 1.82) is 0 Å². The average Bonchev–Trinajstić information content (AvgIpc) is 3.08. The fourth-order valence-corrected chi connectivity index (χ4v) is 5.24. The molecule has 1 saturated heterocycles. The molecule has 2 N–H and O–H groups in total. The number of hydrogen-bond donors (Lipinski definition) is 2. The Balaban J connectivity index is 1.88. The highest BCUT2D eigenvalue weighted by Gasteiger charge is 2.28. The van der Waals surface area contributed by atoms with Crippen LogP contribution in [-0.4, -0.2) is 62.7 Å². The van der Waals surface area contributed by atoms with Crippen LogP contribution in [0.1, 0.15) is 32.6 Å². The molecule has 1 unspecified atom stereocenters. The maximum Gasteiger partial charge on any atom is 0.408 e. The van der Waals surface area contributed by atoms with Crippen molar-refractivity contribution < 1.29 is 27.5 Å². The zero-order chi connectivity index (χ0) is 20.9. The standard InChI is InChI=1S/C17H27N3O6S2/c1-12(19-16(22)26-17(2,3)4)15(21)18-11-13-5-6-14(27-13)28(23,24)20-7-9-25-10-8-20/h5-6,12H,7-11H2,1-4H3,(H,18,21)(H,19,22). The van der Waals surface area contributed by atoms with Crippen LogP contribution in [0.3, 0.4) is 0 Å². The lowest BCUT2D eigenvalue weighted by molar-refractivity contribution is -0.122. The summed E-state index contributed by atoms with van der Waals surface area (Å²) in [5.41, 5.74) is -0.653. The summed E-state index contributed by atoms with van der Waals surface area (Å²) < 4.78 is 37.2. The maximum absolute atomic E-state index is 12.6. The van der Waals surface area contributed by atoms with Crippen molar-refractivity contribution in [2.45, 2.75) is 50.1 Å². The minimum Gasteiger partial charge on any atom is -0.444 e. The number of nitrogens with zero attached hydrogens (tertiary/aromatic N) is 1. The predicted molar refractivity (Wildman–Crippen MR) is 105 cm³/mol. The molecule has 1 atom stereocenters. The van der Waals surface area contributed by atoms with Crippen molar-refractivity contribution in [2.24, 2.45) is 0 Å². The van der Waals surface area contributed by atoms with Crippen molar-refractivity contribution in [1.82, 2.24) is 14.9 Å². The molecule has 1 aromatic rings. The van der Waals surface area contributed by atoms with E-state index in [1.165, 1.54) is 4.31 Å². The number of ether oxygens (including phenoxy) is 2. The van der Waals surface area contributed by atoms with E-state index in [1.54, 1.807) is 39.8 Å². The topological polar surface area (TPSA) is 114 Å². The third-order valence-electron chi connectivity index (χ3n) is 3.76. The van der Waals surface area contributed by atoms with Crippen molar-refractivity contribution in [3.8, 4) is 0 Å². The monoisotopic (exact) mass is 433 g/mol. The van der Waals surface area contributed by atoms with Crippen LogP contribution in [0.25, 0.3) is 0 Å². The Labute approximate surface area is 169 Å². The van der Waals surface area contributed by atoms with Gasteiger partial charge in [0.05, 0.1) is 19.8 Å². The molecule has 28 heavy (non-hydrogen) atoms. The molecule has 1 fully saturated rings. The van der Waals surface area contributed by atoms with Gasteiger partial charge in [-0.15, -0.1) is 11.3 Å². The molecule has 0 saturated carbocycles. The Morgan fingerprint density at radius 1 is 1.29 bits per heavy atom. The third kappa shape index (κ3) is 6.43. The van der Waals surface area contributed by atoms with E-state index in [4.69, 9.17) is 9.47 Å². The Bertz CT molecular complexity index is 794. The number of hydrogen-bond acceptors (Lipinski definition) is 7. The molecule has 0 radical (unpaired) electrons. The second kappa shape index (κ2) is 9.21. The molecule has 158 valence electrons. The summed E-state index contributed by atoms with van der Waals surface area (Å²) in [6.07, 6.45) is -0.676. The van der Waals surface area contributed by atoms with Crippen molar-refractivity contribution >= 4 is 33.4 Å². The Hall–Kier alpha value is -1.69. The van der Waals surface area contributed by atoms with E-state index in [0.29, 0.717) is 31.2 Å². The van der Waals surface area contributed by atoms with Gasteiger partial charge in [-0.25, -0.2) is 13.2 Å². The van der Waals surface area contributed by atoms with Gasteiger partial charge in [-0.1, -0.05) is 0 Å². The summed E-state index contributed by atoms with van der Waals surface area (Å²) in [5, 5.41) is 5.14. The Morgan fingerprint density at radius 2 is 1.93 bits per heavy atom. The molecule has 1 aliphatic rings. The van der Waals surface area contributed by atoms with Crippen LogP contribution >= 0.6 is 11.3 Å². The molecule has 0 bridgehead atoms. The predicted octanol–water partition coefficient (Wildman–Crippen LogP) is 1.30. The number of rotatable bonds is 6. The lowest BCUT2D eigenvalue weighted by Crippen LogP contribution is -2.46. The van der Waals surface area contributed by atoms with Gasteiger partial charge in [0, 0.05) is 18.0 Å². The SMILES string of the molecule is CC(NC(=O)OC(C)(C)C)C(=O)NCc1ccc(S(=O)(=O)N2CCOCC2)s1. The van der Waals surface area contributed by atoms with Gasteiger partial charge in [0.15, 0.2) is 0 Å². The number of alkyl carbamates (subject to hydrolysis) is 1. The Morgan fingerprint density at radius 3 is 2.54 bits per heavy atom. The van der Waals surface area contributed by atoms with Crippen molar-refractivity contribution in [3.63, 3.8) is 0 Å². The highest BCUT2D eigenvalue weighted by Crippen LogP contribution is 2.25. The molecular weight excluding hydrogens is 406 g/mol. The van der Waals surface area contributed by atoms with Gasteiger partial charge >= 0.3 is 6.09 Å². The molecule has 11 heteroatoms.